The number of hydrogen-bond acceptors (Lipinski definition) is 4. The smallest absolute Gasteiger partial charge is 0.291 e. The summed E-state index contributed by atoms with van der Waals surface area (Å²) in [5, 5.41) is 2.88. The highest BCUT2D eigenvalue weighted by molar-refractivity contribution is 6.03. The van der Waals surface area contributed by atoms with E-state index in [1.807, 2.05) is 54.6 Å². The van der Waals surface area contributed by atoms with Crippen molar-refractivity contribution in [3.63, 3.8) is 0 Å². The maximum absolute atomic E-state index is 12.7. The van der Waals surface area contributed by atoms with Gasteiger partial charge >= 0.3 is 0 Å². The molecule has 0 aliphatic heterocycles. The number of furan rings is 1. The lowest BCUT2D eigenvalue weighted by Crippen LogP contribution is -2.14. The van der Waals surface area contributed by atoms with Crippen molar-refractivity contribution in [3.05, 3.63) is 78.3 Å². The molecule has 1 aliphatic carbocycles. The first kappa shape index (κ1) is 18.2. The number of carbonyl (C=O) groups excluding carboxylic acids is 1. The summed E-state index contributed by atoms with van der Waals surface area (Å²) in [5.74, 6) is 1.45. The zero-order valence-corrected chi connectivity index (χ0v) is 15.6. The van der Waals surface area contributed by atoms with Crippen LogP contribution in [0.25, 0.3) is 0 Å². The molecule has 28 heavy (non-hydrogen) atoms. The Morgan fingerprint density at radius 3 is 2.61 bits per heavy atom. The molecule has 1 heterocycles. The lowest BCUT2D eigenvalue weighted by atomic mass is 10.2. The predicted octanol–water partition coefficient (Wildman–Crippen LogP) is 5.43. The van der Waals surface area contributed by atoms with E-state index in [2.05, 4.69) is 5.32 Å². The van der Waals surface area contributed by atoms with Crippen LogP contribution in [0.4, 0.5) is 5.69 Å². The highest BCUT2D eigenvalue weighted by Gasteiger charge is 2.18. The molecular formula is C23H23NO4. The number of rotatable bonds is 7. The number of ether oxygens (including phenoxy) is 2. The molecule has 1 N–H and O–H groups in total. The van der Waals surface area contributed by atoms with Gasteiger partial charge in [-0.1, -0.05) is 24.3 Å². The number of amides is 1. The van der Waals surface area contributed by atoms with E-state index in [-0.39, 0.29) is 24.4 Å². The summed E-state index contributed by atoms with van der Waals surface area (Å²) in [7, 11) is 0. The molecule has 0 radical (unpaired) electrons. The van der Waals surface area contributed by atoms with Gasteiger partial charge in [0.25, 0.3) is 5.91 Å². The van der Waals surface area contributed by atoms with E-state index < -0.39 is 0 Å². The maximum Gasteiger partial charge on any atom is 0.291 e. The minimum absolute atomic E-state index is 0.248. The van der Waals surface area contributed by atoms with Crippen LogP contribution in [0.5, 0.6) is 11.5 Å². The van der Waals surface area contributed by atoms with Crippen molar-refractivity contribution < 1.29 is 18.7 Å². The molecule has 1 aromatic heterocycles. The van der Waals surface area contributed by atoms with Crippen molar-refractivity contribution in [1.82, 2.24) is 0 Å². The molecule has 5 heteroatoms. The quantitative estimate of drug-likeness (QED) is 0.596. The third-order valence-electron chi connectivity index (χ3n) is 4.79. The van der Waals surface area contributed by atoms with Crippen molar-refractivity contribution in [2.24, 2.45) is 0 Å². The van der Waals surface area contributed by atoms with Crippen molar-refractivity contribution in [2.75, 3.05) is 5.32 Å². The summed E-state index contributed by atoms with van der Waals surface area (Å²) in [6, 6.07) is 18.7. The van der Waals surface area contributed by atoms with Crippen LogP contribution in [0.2, 0.25) is 0 Å². The van der Waals surface area contributed by atoms with Gasteiger partial charge in [-0.25, -0.2) is 0 Å². The first-order valence-electron chi connectivity index (χ1n) is 9.60. The van der Waals surface area contributed by atoms with Gasteiger partial charge in [-0.2, -0.15) is 0 Å². The van der Waals surface area contributed by atoms with E-state index >= 15 is 0 Å². The number of carbonyl (C=O) groups is 1. The zero-order valence-electron chi connectivity index (χ0n) is 15.6. The lowest BCUT2D eigenvalue weighted by molar-refractivity contribution is 0.0993. The maximum atomic E-state index is 12.7. The number of benzene rings is 2. The summed E-state index contributed by atoms with van der Waals surface area (Å²) >= 11 is 0. The second kappa shape index (κ2) is 8.65. The Hall–Kier alpha value is -3.21. The van der Waals surface area contributed by atoms with E-state index in [9.17, 15) is 4.79 Å². The SMILES string of the molecule is O=C(Nc1cccc(OC2CCCC2)c1)c1occc1COc1ccccc1. The molecule has 0 spiro atoms. The van der Waals surface area contributed by atoms with Crippen LogP contribution >= 0.6 is 0 Å². The molecule has 144 valence electrons. The van der Waals surface area contributed by atoms with Crippen LogP contribution in [0.1, 0.15) is 41.8 Å². The van der Waals surface area contributed by atoms with E-state index in [0.717, 1.165) is 24.3 Å². The molecular weight excluding hydrogens is 354 g/mol. The molecule has 0 atom stereocenters. The highest BCUT2D eigenvalue weighted by atomic mass is 16.5. The molecule has 1 amide bonds. The summed E-state index contributed by atoms with van der Waals surface area (Å²) in [6.45, 7) is 0.258. The van der Waals surface area contributed by atoms with Crippen LogP contribution in [-0.4, -0.2) is 12.0 Å². The molecule has 1 saturated carbocycles. The molecule has 0 unspecified atom stereocenters. The van der Waals surface area contributed by atoms with Crippen molar-refractivity contribution in [1.29, 1.82) is 0 Å². The zero-order chi connectivity index (χ0) is 19.2. The molecule has 5 nitrogen and oxygen atoms in total. The van der Waals surface area contributed by atoms with Gasteiger partial charge in [-0.3, -0.25) is 4.79 Å². The van der Waals surface area contributed by atoms with Gasteiger partial charge in [0.2, 0.25) is 0 Å². The van der Waals surface area contributed by atoms with Crippen LogP contribution in [-0.2, 0) is 6.61 Å². The second-order valence-corrected chi connectivity index (χ2v) is 6.88. The predicted molar refractivity (Wildman–Crippen MR) is 107 cm³/mol. The third kappa shape index (κ3) is 4.55. The molecule has 3 aromatic rings. The normalized spacial score (nSPS) is 14.0. The largest absolute Gasteiger partial charge is 0.490 e. The van der Waals surface area contributed by atoms with Gasteiger partial charge in [0, 0.05) is 17.3 Å². The summed E-state index contributed by atoms with van der Waals surface area (Å²) in [5.41, 5.74) is 1.37. The Labute approximate surface area is 164 Å². The number of hydrogen-bond donors (Lipinski definition) is 1. The van der Waals surface area contributed by atoms with Crippen molar-refractivity contribution in [2.45, 2.75) is 38.4 Å². The molecule has 0 bridgehead atoms. The van der Waals surface area contributed by atoms with Gasteiger partial charge in [0.05, 0.1) is 12.4 Å². The minimum atomic E-state index is -0.310. The molecule has 1 fully saturated rings. The lowest BCUT2D eigenvalue weighted by Gasteiger charge is -2.14. The number of nitrogens with one attached hydrogen (secondary N) is 1. The molecule has 1 aliphatic rings. The van der Waals surface area contributed by atoms with E-state index in [1.165, 1.54) is 19.1 Å². The van der Waals surface area contributed by atoms with Crippen LogP contribution in [0.15, 0.2) is 71.3 Å². The van der Waals surface area contributed by atoms with Crippen molar-refractivity contribution >= 4 is 11.6 Å². The average molecular weight is 377 g/mol. The Bertz CT molecular complexity index is 913. The Kier molecular flexibility index (Phi) is 5.61. The average Bonchev–Trinajstić information content (AvgIpc) is 3.39. The fourth-order valence-electron chi connectivity index (χ4n) is 3.36. The van der Waals surface area contributed by atoms with Crippen molar-refractivity contribution in [3.8, 4) is 11.5 Å². The van der Waals surface area contributed by atoms with Gasteiger partial charge in [0.1, 0.15) is 18.1 Å². The third-order valence-corrected chi connectivity index (χ3v) is 4.79. The van der Waals surface area contributed by atoms with Gasteiger partial charge in [0.15, 0.2) is 5.76 Å². The number of para-hydroxylation sites is 1. The highest BCUT2D eigenvalue weighted by Crippen LogP contribution is 2.26. The van der Waals surface area contributed by atoms with E-state index in [0.29, 0.717) is 11.3 Å². The van der Waals surface area contributed by atoms with Crippen LogP contribution < -0.4 is 14.8 Å². The minimum Gasteiger partial charge on any atom is -0.490 e. The molecule has 4 rings (SSSR count). The standard InChI is InChI=1S/C23H23NO4/c25-23(22-17(13-14-26-22)16-27-19-8-2-1-3-9-19)24-18-7-6-12-21(15-18)28-20-10-4-5-11-20/h1-3,6-9,12-15,20H,4-5,10-11,16H2,(H,24,25). The van der Waals surface area contributed by atoms with Crippen LogP contribution in [0.3, 0.4) is 0 Å². The first-order chi connectivity index (χ1) is 13.8. The van der Waals surface area contributed by atoms with Crippen LogP contribution in [0, 0.1) is 0 Å². The fraction of sp³-hybridized carbons (Fsp3) is 0.261. The topological polar surface area (TPSA) is 60.7 Å². The Morgan fingerprint density at radius 1 is 1.00 bits per heavy atom. The Balaban J connectivity index is 1.39. The monoisotopic (exact) mass is 377 g/mol. The number of anilines is 1. The molecule has 0 saturated heterocycles. The van der Waals surface area contributed by atoms with Gasteiger partial charge in [-0.15, -0.1) is 0 Å². The van der Waals surface area contributed by atoms with Gasteiger partial charge in [-0.05, 0) is 56.0 Å². The fourth-order valence-corrected chi connectivity index (χ4v) is 3.36. The summed E-state index contributed by atoms with van der Waals surface area (Å²) in [4.78, 5) is 12.7. The summed E-state index contributed by atoms with van der Waals surface area (Å²) in [6.07, 6.45) is 6.39. The molecule has 2 aromatic carbocycles. The van der Waals surface area contributed by atoms with Gasteiger partial charge < -0.3 is 19.2 Å². The van der Waals surface area contributed by atoms with E-state index in [4.69, 9.17) is 13.9 Å². The van der Waals surface area contributed by atoms with E-state index in [1.54, 1.807) is 6.07 Å². The second-order valence-electron chi connectivity index (χ2n) is 6.88. The first-order valence-corrected chi connectivity index (χ1v) is 9.60. The summed E-state index contributed by atoms with van der Waals surface area (Å²) < 4.78 is 17.1. The Morgan fingerprint density at radius 2 is 1.79 bits per heavy atom.